The minimum absolute atomic E-state index is 0.0916. The van der Waals surface area contributed by atoms with Gasteiger partial charge in [0, 0.05) is 12.3 Å². The first-order valence-electron chi connectivity index (χ1n) is 4.45. The van der Waals surface area contributed by atoms with Crippen LogP contribution in [-0.4, -0.2) is 19.1 Å². The molecule has 0 aliphatic carbocycles. The third-order valence-electron chi connectivity index (χ3n) is 2.07. The zero-order valence-corrected chi connectivity index (χ0v) is 8.46. The standard InChI is InChI=1S/C8H4F2N4O4/c9-12-2-1-5(15)14(8(12)18)4-3-13(10)7(17)11-6(4)16/h1-3H,(H,11,16,17). The molecule has 0 saturated carbocycles. The molecule has 0 bridgehead atoms. The zero-order valence-electron chi connectivity index (χ0n) is 8.46. The van der Waals surface area contributed by atoms with Gasteiger partial charge in [0.05, 0.1) is 6.20 Å². The lowest BCUT2D eigenvalue weighted by atomic mass is 10.5. The van der Waals surface area contributed by atoms with Gasteiger partial charge in [-0.3, -0.25) is 14.6 Å². The van der Waals surface area contributed by atoms with E-state index in [9.17, 15) is 28.1 Å². The summed E-state index contributed by atoms with van der Waals surface area (Å²) in [5.41, 5.74) is -5.92. The zero-order chi connectivity index (χ0) is 13.4. The fraction of sp³-hybridized carbons (Fsp3) is 0. The predicted octanol–water partition coefficient (Wildman–Crippen LogP) is -1.69. The van der Waals surface area contributed by atoms with Crippen LogP contribution < -0.4 is 22.5 Å². The number of rotatable bonds is 1. The quantitative estimate of drug-likeness (QED) is 0.660. The predicted molar refractivity (Wildman–Crippen MR) is 54.2 cm³/mol. The van der Waals surface area contributed by atoms with E-state index in [1.54, 1.807) is 0 Å². The number of H-pyrrole nitrogens is 1. The lowest BCUT2D eigenvalue weighted by Gasteiger charge is -2.03. The number of aromatic amines is 1. The summed E-state index contributed by atoms with van der Waals surface area (Å²) in [6.07, 6.45) is 0.852. The van der Waals surface area contributed by atoms with Crippen LogP contribution in [0.4, 0.5) is 8.96 Å². The summed E-state index contributed by atoms with van der Waals surface area (Å²) in [4.78, 5) is 45.3. The molecule has 8 nitrogen and oxygen atoms in total. The summed E-state index contributed by atoms with van der Waals surface area (Å²) in [6, 6.07) is 0.661. The monoisotopic (exact) mass is 258 g/mol. The highest BCUT2D eigenvalue weighted by molar-refractivity contribution is 5.24. The van der Waals surface area contributed by atoms with Gasteiger partial charge in [0.25, 0.3) is 11.1 Å². The molecule has 10 heteroatoms. The smallest absolute Gasteiger partial charge is 0.270 e. The van der Waals surface area contributed by atoms with E-state index in [1.165, 1.54) is 4.98 Å². The summed E-state index contributed by atoms with van der Waals surface area (Å²) in [5, 5.41) is 0. The van der Waals surface area contributed by atoms with E-state index in [0.717, 1.165) is 0 Å². The van der Waals surface area contributed by atoms with Crippen LogP contribution in [0.2, 0.25) is 0 Å². The van der Waals surface area contributed by atoms with Crippen LogP contribution in [0.25, 0.3) is 5.69 Å². The van der Waals surface area contributed by atoms with E-state index in [1.807, 2.05) is 0 Å². The van der Waals surface area contributed by atoms with Crippen LogP contribution in [0.5, 0.6) is 0 Å². The van der Waals surface area contributed by atoms with Gasteiger partial charge in [-0.2, -0.15) is 0 Å². The van der Waals surface area contributed by atoms with Gasteiger partial charge >= 0.3 is 11.4 Å². The Morgan fingerprint density at radius 1 is 1.06 bits per heavy atom. The van der Waals surface area contributed by atoms with Gasteiger partial charge in [0.1, 0.15) is 5.69 Å². The van der Waals surface area contributed by atoms with Crippen LogP contribution in [0.3, 0.4) is 0 Å². The maximum absolute atomic E-state index is 12.9. The molecule has 1 N–H and O–H groups in total. The van der Waals surface area contributed by atoms with Gasteiger partial charge in [-0.15, -0.1) is 9.58 Å². The Morgan fingerprint density at radius 3 is 2.39 bits per heavy atom. The van der Waals surface area contributed by atoms with Crippen molar-refractivity contribution in [1.29, 1.82) is 0 Å². The second-order valence-corrected chi connectivity index (χ2v) is 3.17. The lowest BCUT2D eigenvalue weighted by Crippen LogP contribution is -2.40. The fourth-order valence-electron chi connectivity index (χ4n) is 1.28. The van der Waals surface area contributed by atoms with Crippen molar-refractivity contribution in [1.82, 2.24) is 19.1 Å². The SMILES string of the molecule is O=c1[nH]c(=O)n(F)cc1-n1c(=O)ccn(F)c1=O. The molecule has 0 spiro atoms. The molecule has 18 heavy (non-hydrogen) atoms. The normalized spacial score (nSPS) is 10.6. The first kappa shape index (κ1) is 11.7. The van der Waals surface area contributed by atoms with Crippen molar-refractivity contribution in [2.75, 3.05) is 0 Å². The van der Waals surface area contributed by atoms with Crippen molar-refractivity contribution in [2.24, 2.45) is 0 Å². The van der Waals surface area contributed by atoms with Gasteiger partial charge in [-0.1, -0.05) is 8.96 Å². The second kappa shape index (κ2) is 3.91. The van der Waals surface area contributed by atoms with Gasteiger partial charge in [0.2, 0.25) is 0 Å². The Bertz CT molecular complexity index is 844. The van der Waals surface area contributed by atoms with E-state index in [-0.39, 0.29) is 4.57 Å². The van der Waals surface area contributed by atoms with Gasteiger partial charge in [-0.25, -0.2) is 14.2 Å². The van der Waals surface area contributed by atoms with E-state index in [0.29, 0.717) is 18.5 Å². The maximum Gasteiger partial charge on any atom is 0.364 e. The first-order valence-corrected chi connectivity index (χ1v) is 4.45. The van der Waals surface area contributed by atoms with Crippen LogP contribution in [0.1, 0.15) is 0 Å². The van der Waals surface area contributed by atoms with Crippen LogP contribution >= 0.6 is 0 Å². The Labute approximate surface area is 94.8 Å². The lowest BCUT2D eigenvalue weighted by molar-refractivity contribution is 0.331. The average Bonchev–Trinajstić information content (AvgIpc) is 2.31. The van der Waals surface area contributed by atoms with Crippen molar-refractivity contribution in [3.05, 3.63) is 60.1 Å². The van der Waals surface area contributed by atoms with Gasteiger partial charge < -0.3 is 0 Å². The molecule has 0 unspecified atom stereocenters. The second-order valence-electron chi connectivity index (χ2n) is 3.17. The minimum atomic E-state index is -1.49. The Hall–Kier alpha value is -2.78. The first-order chi connectivity index (χ1) is 8.41. The molecule has 0 aliphatic rings. The Kier molecular flexibility index (Phi) is 2.54. The molecule has 2 heterocycles. The molecule has 0 fully saturated rings. The van der Waals surface area contributed by atoms with Gasteiger partial charge in [-0.05, 0) is 0 Å². The van der Waals surface area contributed by atoms with Crippen molar-refractivity contribution in [3.63, 3.8) is 0 Å². The number of halogens is 2. The molecule has 0 saturated heterocycles. The molecule has 0 atom stereocenters. The topological polar surface area (TPSA) is 98.9 Å². The third kappa shape index (κ3) is 1.69. The number of nitrogens with zero attached hydrogens (tertiary/aromatic N) is 3. The van der Waals surface area contributed by atoms with Crippen LogP contribution in [-0.2, 0) is 0 Å². The average molecular weight is 258 g/mol. The number of hydrogen-bond acceptors (Lipinski definition) is 4. The fourth-order valence-corrected chi connectivity index (χ4v) is 1.28. The highest BCUT2D eigenvalue weighted by Gasteiger charge is 2.13. The third-order valence-corrected chi connectivity index (χ3v) is 2.07. The van der Waals surface area contributed by atoms with E-state index in [4.69, 9.17) is 0 Å². The minimum Gasteiger partial charge on any atom is -0.270 e. The van der Waals surface area contributed by atoms with Crippen LogP contribution in [0, 0.1) is 0 Å². The molecule has 2 rings (SSSR count). The molecular formula is C8H4F2N4O4. The van der Waals surface area contributed by atoms with Gasteiger partial charge in [0.15, 0.2) is 0 Å². The number of aromatic nitrogens is 4. The molecule has 2 aromatic rings. The summed E-state index contributed by atoms with van der Waals surface area (Å²) in [7, 11) is 0. The van der Waals surface area contributed by atoms with Crippen molar-refractivity contribution < 1.29 is 8.96 Å². The summed E-state index contributed by atoms with van der Waals surface area (Å²) in [5.74, 6) is 0. The molecule has 0 radical (unpaired) electrons. The molecule has 0 amide bonds. The van der Waals surface area contributed by atoms with Crippen LogP contribution in [0.15, 0.2) is 37.6 Å². The highest BCUT2D eigenvalue weighted by atomic mass is 19.2. The summed E-state index contributed by atoms with van der Waals surface area (Å²) in [6.45, 7) is 0. The van der Waals surface area contributed by atoms with Crippen molar-refractivity contribution in [3.8, 4) is 5.69 Å². The molecule has 94 valence electrons. The van der Waals surface area contributed by atoms with E-state index in [2.05, 4.69) is 0 Å². The summed E-state index contributed by atoms with van der Waals surface area (Å²) >= 11 is 0. The molecule has 0 aromatic carbocycles. The Balaban J connectivity index is 2.95. The largest absolute Gasteiger partial charge is 0.364 e. The summed E-state index contributed by atoms with van der Waals surface area (Å²) < 4.78 is 25.9. The van der Waals surface area contributed by atoms with E-state index < -0.39 is 37.8 Å². The molecular weight excluding hydrogens is 254 g/mol. The highest BCUT2D eigenvalue weighted by Crippen LogP contribution is 1.91. The van der Waals surface area contributed by atoms with Crippen molar-refractivity contribution in [2.45, 2.75) is 0 Å². The number of nitrogens with one attached hydrogen (secondary N) is 1. The molecule has 2 aromatic heterocycles. The molecule has 0 aliphatic heterocycles. The number of hydrogen-bond donors (Lipinski definition) is 1. The Morgan fingerprint density at radius 2 is 1.72 bits per heavy atom. The maximum atomic E-state index is 12.9. The van der Waals surface area contributed by atoms with Crippen molar-refractivity contribution >= 4 is 0 Å². The van der Waals surface area contributed by atoms with E-state index >= 15 is 0 Å².